The summed E-state index contributed by atoms with van der Waals surface area (Å²) in [4.78, 5) is 14.9. The summed E-state index contributed by atoms with van der Waals surface area (Å²) in [5.41, 5.74) is 3.38. The van der Waals surface area contributed by atoms with Gasteiger partial charge in [0.15, 0.2) is 0 Å². The molecule has 0 aromatic heterocycles. The fraction of sp³-hybridized carbons (Fsp3) is 0.200. The van der Waals surface area contributed by atoms with E-state index in [-0.39, 0.29) is 0 Å². The molecule has 2 N–H and O–H groups in total. The third-order valence-corrected chi connectivity index (χ3v) is 4.88. The third kappa shape index (κ3) is 2.80. The number of allylic oxidation sites excluding steroid dienone is 1. The summed E-state index contributed by atoms with van der Waals surface area (Å²) in [6.45, 7) is 3.81. The van der Waals surface area contributed by atoms with Crippen LogP contribution in [0.1, 0.15) is 11.1 Å². The van der Waals surface area contributed by atoms with Crippen molar-refractivity contribution < 1.29 is 13.2 Å². The normalized spacial score (nSPS) is 20.1. The fourth-order valence-corrected chi connectivity index (χ4v) is 3.68. The second-order valence-corrected chi connectivity index (χ2v) is 7.19. The molecular formula is C15H15N3O3S. The number of carbonyl (C=O) groups is 1. The molecular weight excluding hydrogens is 302 g/mol. The largest absolute Gasteiger partial charge is 0.346 e. The van der Waals surface area contributed by atoms with Crippen molar-refractivity contribution in [2.24, 2.45) is 4.99 Å². The molecule has 1 aromatic carbocycles. The maximum atomic E-state index is 12.5. The maximum Gasteiger partial charge on any atom is 0.346 e. The average molecular weight is 317 g/mol. The number of amides is 2. The van der Waals surface area contributed by atoms with Crippen molar-refractivity contribution in [3.63, 3.8) is 0 Å². The van der Waals surface area contributed by atoms with Gasteiger partial charge in [-0.2, -0.15) is 4.99 Å². The number of aliphatic imine (C=N–C) groups is 1. The van der Waals surface area contributed by atoms with Crippen LogP contribution < -0.4 is 10.0 Å². The van der Waals surface area contributed by atoms with Crippen LogP contribution in [-0.2, 0) is 10.0 Å². The molecule has 2 aliphatic rings. The van der Waals surface area contributed by atoms with Crippen LogP contribution in [0.5, 0.6) is 0 Å². The number of benzene rings is 1. The molecule has 0 bridgehead atoms. The number of urea groups is 1. The molecule has 0 radical (unpaired) electrons. The predicted octanol–water partition coefficient (Wildman–Crippen LogP) is 2.03. The van der Waals surface area contributed by atoms with Crippen LogP contribution in [0, 0.1) is 13.8 Å². The second-order valence-electron chi connectivity index (χ2n) is 5.35. The summed E-state index contributed by atoms with van der Waals surface area (Å²) in [7, 11) is -3.65. The van der Waals surface area contributed by atoms with E-state index in [0.717, 1.165) is 11.1 Å². The van der Waals surface area contributed by atoms with Gasteiger partial charge in [0, 0.05) is 5.69 Å². The van der Waals surface area contributed by atoms with E-state index in [1.54, 1.807) is 18.2 Å². The van der Waals surface area contributed by atoms with Crippen molar-refractivity contribution in [2.45, 2.75) is 19.1 Å². The highest BCUT2D eigenvalue weighted by molar-refractivity contribution is 7.93. The molecule has 7 heteroatoms. The summed E-state index contributed by atoms with van der Waals surface area (Å²) in [6, 6.07) is 5.03. The number of hydrogen-bond donors (Lipinski definition) is 2. The van der Waals surface area contributed by atoms with Crippen molar-refractivity contribution in [1.29, 1.82) is 0 Å². The van der Waals surface area contributed by atoms with Crippen LogP contribution in [0.15, 0.2) is 47.1 Å². The van der Waals surface area contributed by atoms with Gasteiger partial charge in [-0.25, -0.2) is 13.2 Å². The van der Waals surface area contributed by atoms with E-state index in [4.69, 9.17) is 0 Å². The van der Waals surface area contributed by atoms with Gasteiger partial charge in [0.2, 0.25) is 10.0 Å². The molecule has 1 heterocycles. The minimum absolute atomic E-state index is 0.434. The Labute approximate surface area is 128 Å². The lowest BCUT2D eigenvalue weighted by atomic mass is 10.1. The first-order valence-electron chi connectivity index (χ1n) is 6.73. The first-order valence-corrected chi connectivity index (χ1v) is 8.28. The second kappa shape index (κ2) is 5.10. The minimum Gasteiger partial charge on any atom is -0.304 e. The van der Waals surface area contributed by atoms with Gasteiger partial charge in [-0.15, -0.1) is 0 Å². The highest BCUT2D eigenvalue weighted by atomic mass is 32.2. The summed E-state index contributed by atoms with van der Waals surface area (Å²) in [5.74, 6) is 0. The molecule has 1 aliphatic carbocycles. The molecule has 0 fully saturated rings. The molecule has 1 unspecified atom stereocenters. The Kier molecular flexibility index (Phi) is 3.37. The Morgan fingerprint density at radius 3 is 2.55 bits per heavy atom. The Morgan fingerprint density at radius 1 is 1.18 bits per heavy atom. The zero-order valence-corrected chi connectivity index (χ0v) is 12.9. The Bertz CT molecular complexity index is 831. The average Bonchev–Trinajstić information content (AvgIpc) is 2.75. The molecule has 6 nitrogen and oxygen atoms in total. The van der Waals surface area contributed by atoms with E-state index in [1.807, 2.05) is 19.9 Å². The van der Waals surface area contributed by atoms with Crippen LogP contribution in [0.25, 0.3) is 0 Å². The van der Waals surface area contributed by atoms with Crippen molar-refractivity contribution in [3.8, 4) is 0 Å². The number of hydrogen-bond acceptors (Lipinski definition) is 3. The Morgan fingerprint density at radius 2 is 1.86 bits per heavy atom. The van der Waals surface area contributed by atoms with Crippen LogP contribution >= 0.6 is 0 Å². The van der Waals surface area contributed by atoms with Crippen molar-refractivity contribution in [2.75, 3.05) is 4.72 Å². The number of carbonyl (C=O) groups excluding carboxylic acids is 1. The van der Waals surface area contributed by atoms with Crippen molar-refractivity contribution in [1.82, 2.24) is 5.32 Å². The number of nitrogens with zero attached hydrogens (tertiary/aromatic N) is 1. The predicted molar refractivity (Wildman–Crippen MR) is 85.4 cm³/mol. The number of aryl methyl sites for hydroxylation is 2. The third-order valence-electron chi connectivity index (χ3n) is 3.35. The molecule has 1 aliphatic heterocycles. The van der Waals surface area contributed by atoms with E-state index >= 15 is 0 Å². The van der Waals surface area contributed by atoms with Gasteiger partial charge in [0.05, 0.1) is 11.4 Å². The maximum absolute atomic E-state index is 12.5. The molecule has 0 spiro atoms. The van der Waals surface area contributed by atoms with E-state index in [1.165, 1.54) is 12.2 Å². The van der Waals surface area contributed by atoms with Gasteiger partial charge in [-0.3, -0.25) is 4.72 Å². The van der Waals surface area contributed by atoms with Crippen molar-refractivity contribution >= 4 is 27.5 Å². The smallest absolute Gasteiger partial charge is 0.304 e. The summed E-state index contributed by atoms with van der Waals surface area (Å²) >= 11 is 0. The topological polar surface area (TPSA) is 87.6 Å². The monoisotopic (exact) mass is 317 g/mol. The lowest BCUT2D eigenvalue weighted by molar-refractivity contribution is 0.253. The van der Waals surface area contributed by atoms with Crippen LogP contribution in [0.2, 0.25) is 0 Å². The van der Waals surface area contributed by atoms with Crippen molar-refractivity contribution in [3.05, 3.63) is 53.3 Å². The summed E-state index contributed by atoms with van der Waals surface area (Å²) < 4.78 is 27.6. The standard InChI is InChI=1S/C15H15N3O3S/c1-9-5-10(2)7-11(6-9)18-22(20,21)12-3-4-13-14(8-12)17-15(19)16-13/h3-8,12,18H,1-2H3,(H,17,19). The van der Waals surface area contributed by atoms with E-state index < -0.39 is 21.3 Å². The quantitative estimate of drug-likeness (QED) is 0.894. The molecule has 0 saturated heterocycles. The van der Waals surface area contributed by atoms with Gasteiger partial charge in [0.1, 0.15) is 5.25 Å². The number of nitrogens with one attached hydrogen (secondary N) is 2. The number of rotatable bonds is 3. The molecule has 1 aromatic rings. The first-order chi connectivity index (χ1) is 10.3. The van der Waals surface area contributed by atoms with E-state index in [0.29, 0.717) is 17.1 Å². The number of anilines is 1. The molecule has 114 valence electrons. The van der Waals surface area contributed by atoms with Gasteiger partial charge in [-0.1, -0.05) is 12.1 Å². The van der Waals surface area contributed by atoms with Gasteiger partial charge < -0.3 is 5.32 Å². The number of fused-ring (bicyclic) bond motifs is 1. The highest BCUT2D eigenvalue weighted by Crippen LogP contribution is 2.21. The molecule has 3 rings (SSSR count). The Hall–Kier alpha value is -2.41. The van der Waals surface area contributed by atoms with Gasteiger partial charge in [0.25, 0.3) is 0 Å². The zero-order chi connectivity index (χ0) is 15.9. The Balaban J connectivity index is 1.87. The lowest BCUT2D eigenvalue weighted by Crippen LogP contribution is -2.29. The highest BCUT2D eigenvalue weighted by Gasteiger charge is 2.28. The number of sulfonamides is 1. The molecule has 0 saturated carbocycles. The van der Waals surface area contributed by atoms with Crippen LogP contribution in [0.4, 0.5) is 10.5 Å². The SMILES string of the molecule is Cc1cc(C)cc(NS(=O)(=O)C2C=CC3=NC(=O)NC3=C2)c1. The molecule has 22 heavy (non-hydrogen) atoms. The summed E-state index contributed by atoms with van der Waals surface area (Å²) in [6.07, 6.45) is 4.53. The van der Waals surface area contributed by atoms with Gasteiger partial charge >= 0.3 is 6.03 Å². The van der Waals surface area contributed by atoms with E-state index in [2.05, 4.69) is 15.0 Å². The summed E-state index contributed by atoms with van der Waals surface area (Å²) in [5, 5.41) is 1.65. The minimum atomic E-state index is -3.65. The van der Waals surface area contributed by atoms with E-state index in [9.17, 15) is 13.2 Å². The van der Waals surface area contributed by atoms with Crippen LogP contribution in [-0.4, -0.2) is 25.4 Å². The first kappa shape index (κ1) is 14.5. The van der Waals surface area contributed by atoms with Gasteiger partial charge in [-0.05, 0) is 49.3 Å². The molecule has 2 amide bonds. The van der Waals surface area contributed by atoms with Crippen LogP contribution in [0.3, 0.4) is 0 Å². The lowest BCUT2D eigenvalue weighted by Gasteiger charge is -2.17. The molecule has 1 atom stereocenters. The zero-order valence-electron chi connectivity index (χ0n) is 12.1. The fourth-order valence-electron chi connectivity index (χ4n) is 2.50.